The molecule has 4 nitrogen and oxygen atoms in total. The van der Waals surface area contributed by atoms with Gasteiger partial charge in [0.15, 0.2) is 0 Å². The van der Waals surface area contributed by atoms with Crippen LogP contribution in [-0.2, 0) is 15.0 Å². The minimum Gasteiger partial charge on any atom is -0.347 e. The van der Waals surface area contributed by atoms with Gasteiger partial charge in [0, 0.05) is 22.9 Å². The lowest BCUT2D eigenvalue weighted by atomic mass is 9.73. The maximum atomic E-state index is 13.6. The molecule has 0 unspecified atom stereocenters. The van der Waals surface area contributed by atoms with Crippen LogP contribution in [-0.4, -0.2) is 18.4 Å². The summed E-state index contributed by atoms with van der Waals surface area (Å²) in [4.78, 5) is 25.4. The first-order valence-electron chi connectivity index (χ1n) is 8.58. The summed E-state index contributed by atoms with van der Waals surface area (Å²) in [6, 6.07) is 6.73. The van der Waals surface area contributed by atoms with Gasteiger partial charge in [0.05, 0.1) is 5.69 Å². The Morgan fingerprint density at radius 2 is 1.85 bits per heavy atom. The average Bonchev–Trinajstić information content (AvgIpc) is 3.19. The van der Waals surface area contributed by atoms with E-state index >= 15 is 0 Å². The van der Waals surface area contributed by atoms with Crippen LogP contribution in [0.1, 0.15) is 37.0 Å². The molecule has 7 heteroatoms. The number of carbonyl (C=O) groups is 2. The Labute approximate surface area is 154 Å². The number of hydrogen-bond donors (Lipinski definition) is 2. The predicted molar refractivity (Wildman–Crippen MR) is 97.1 cm³/mol. The summed E-state index contributed by atoms with van der Waals surface area (Å²) in [7, 11) is 0. The highest BCUT2D eigenvalue weighted by atomic mass is 32.1. The Morgan fingerprint density at radius 3 is 2.54 bits per heavy atom. The van der Waals surface area contributed by atoms with Gasteiger partial charge in [-0.15, -0.1) is 11.3 Å². The molecule has 1 aliphatic carbocycles. The third-order valence-corrected chi connectivity index (χ3v) is 5.94. The molecule has 2 amide bonds. The topological polar surface area (TPSA) is 58.2 Å². The first-order valence-corrected chi connectivity index (χ1v) is 9.46. The number of halogens is 2. The third-order valence-electron chi connectivity index (χ3n) is 4.82. The van der Waals surface area contributed by atoms with Crippen LogP contribution >= 0.6 is 11.3 Å². The highest BCUT2D eigenvalue weighted by Crippen LogP contribution is 2.41. The second kappa shape index (κ2) is 7.95. The van der Waals surface area contributed by atoms with Crippen molar-refractivity contribution in [1.82, 2.24) is 5.32 Å². The van der Waals surface area contributed by atoms with Gasteiger partial charge in [-0.05, 0) is 36.4 Å². The molecule has 1 aromatic heterocycles. The molecule has 1 aromatic carbocycles. The summed E-state index contributed by atoms with van der Waals surface area (Å²) in [6.07, 6.45) is 5.23. The van der Waals surface area contributed by atoms with Crippen molar-refractivity contribution < 1.29 is 18.4 Å². The van der Waals surface area contributed by atoms with E-state index in [9.17, 15) is 18.4 Å². The molecule has 2 N–H and O–H groups in total. The van der Waals surface area contributed by atoms with Crippen molar-refractivity contribution in [2.45, 2.75) is 37.5 Å². The SMILES string of the molecule is O=C(NCC1(c2cccs2)CCCCC1)C(=O)Nc1cc(F)ccc1F. The number of hydrogen-bond acceptors (Lipinski definition) is 3. The van der Waals surface area contributed by atoms with E-state index in [0.29, 0.717) is 6.54 Å². The van der Waals surface area contributed by atoms with Gasteiger partial charge in [0.2, 0.25) is 0 Å². The van der Waals surface area contributed by atoms with E-state index in [-0.39, 0.29) is 11.1 Å². The number of rotatable bonds is 4. The quantitative estimate of drug-likeness (QED) is 0.791. The van der Waals surface area contributed by atoms with Crippen LogP contribution in [0.5, 0.6) is 0 Å². The van der Waals surface area contributed by atoms with Gasteiger partial charge in [-0.1, -0.05) is 25.3 Å². The lowest BCUT2D eigenvalue weighted by molar-refractivity contribution is -0.136. The zero-order valence-corrected chi connectivity index (χ0v) is 15.0. The van der Waals surface area contributed by atoms with Crippen LogP contribution in [0.2, 0.25) is 0 Å². The molecule has 0 saturated heterocycles. The molecule has 1 fully saturated rings. The monoisotopic (exact) mass is 378 g/mol. The maximum Gasteiger partial charge on any atom is 0.313 e. The van der Waals surface area contributed by atoms with Crippen molar-refractivity contribution in [3.63, 3.8) is 0 Å². The fraction of sp³-hybridized carbons (Fsp3) is 0.368. The number of anilines is 1. The van der Waals surface area contributed by atoms with E-state index < -0.39 is 23.4 Å². The molecule has 26 heavy (non-hydrogen) atoms. The van der Waals surface area contributed by atoms with Gasteiger partial charge in [0.25, 0.3) is 0 Å². The van der Waals surface area contributed by atoms with E-state index in [1.54, 1.807) is 11.3 Å². The molecule has 138 valence electrons. The normalized spacial score (nSPS) is 16.1. The van der Waals surface area contributed by atoms with E-state index in [1.165, 1.54) is 11.3 Å². The molecule has 0 atom stereocenters. The minimum absolute atomic E-state index is 0.160. The second-order valence-electron chi connectivity index (χ2n) is 6.58. The van der Waals surface area contributed by atoms with Crippen LogP contribution in [0.25, 0.3) is 0 Å². The molecule has 2 aromatic rings. The summed E-state index contributed by atoms with van der Waals surface area (Å²) in [6.45, 7) is 0.353. The Balaban J connectivity index is 1.65. The van der Waals surface area contributed by atoms with E-state index in [2.05, 4.69) is 16.7 Å². The van der Waals surface area contributed by atoms with Gasteiger partial charge in [0.1, 0.15) is 11.6 Å². The number of nitrogens with one attached hydrogen (secondary N) is 2. The number of thiophene rings is 1. The summed E-state index contributed by atoms with van der Waals surface area (Å²) in [5.41, 5.74) is -0.511. The van der Waals surface area contributed by atoms with Gasteiger partial charge >= 0.3 is 11.8 Å². The zero-order chi connectivity index (χ0) is 18.6. The summed E-state index contributed by atoms with van der Waals surface area (Å²) in [5, 5.41) is 6.80. The lowest BCUT2D eigenvalue weighted by Crippen LogP contribution is -2.45. The molecule has 0 spiro atoms. The molecule has 1 saturated carbocycles. The van der Waals surface area contributed by atoms with Gasteiger partial charge in [-0.25, -0.2) is 8.78 Å². The second-order valence-corrected chi connectivity index (χ2v) is 7.53. The highest BCUT2D eigenvalue weighted by Gasteiger charge is 2.35. The minimum atomic E-state index is -1.01. The van der Waals surface area contributed by atoms with Crippen molar-refractivity contribution >= 4 is 28.8 Å². The van der Waals surface area contributed by atoms with Crippen LogP contribution < -0.4 is 10.6 Å². The fourth-order valence-electron chi connectivity index (χ4n) is 3.42. The molecule has 1 aliphatic rings. The van der Waals surface area contributed by atoms with Crippen molar-refractivity contribution in [3.05, 3.63) is 52.2 Å². The van der Waals surface area contributed by atoms with Gasteiger partial charge in [-0.2, -0.15) is 0 Å². The van der Waals surface area contributed by atoms with E-state index in [0.717, 1.165) is 43.9 Å². The number of carbonyl (C=O) groups excluding carboxylic acids is 2. The summed E-state index contributed by atoms with van der Waals surface area (Å²) < 4.78 is 26.8. The smallest absolute Gasteiger partial charge is 0.313 e. The molecule has 1 heterocycles. The third kappa shape index (κ3) is 4.09. The predicted octanol–water partition coefficient (Wildman–Crippen LogP) is 3.98. The standard InChI is InChI=1S/C19H20F2N2O2S/c20-13-6-7-14(21)15(11-13)23-18(25)17(24)22-12-19(8-2-1-3-9-19)16-5-4-10-26-16/h4-7,10-11H,1-3,8-9,12H2,(H,22,24)(H,23,25). The maximum absolute atomic E-state index is 13.6. The molecule has 0 aliphatic heterocycles. The Hall–Kier alpha value is -2.28. The van der Waals surface area contributed by atoms with Crippen molar-refractivity contribution in [2.75, 3.05) is 11.9 Å². The first-order chi connectivity index (χ1) is 12.5. The van der Waals surface area contributed by atoms with Gasteiger partial charge < -0.3 is 10.6 Å². The average molecular weight is 378 g/mol. The summed E-state index contributed by atoms with van der Waals surface area (Å²) >= 11 is 1.65. The Morgan fingerprint density at radius 1 is 1.08 bits per heavy atom. The van der Waals surface area contributed by atoms with Crippen molar-refractivity contribution in [2.24, 2.45) is 0 Å². The van der Waals surface area contributed by atoms with Crippen LogP contribution in [0.15, 0.2) is 35.7 Å². The highest BCUT2D eigenvalue weighted by molar-refractivity contribution is 7.10. The molecule has 0 radical (unpaired) electrons. The number of amides is 2. The van der Waals surface area contributed by atoms with Crippen molar-refractivity contribution in [1.29, 1.82) is 0 Å². The van der Waals surface area contributed by atoms with E-state index in [4.69, 9.17) is 0 Å². The fourth-order valence-corrected chi connectivity index (χ4v) is 4.41. The van der Waals surface area contributed by atoms with Crippen molar-refractivity contribution in [3.8, 4) is 0 Å². The number of benzene rings is 1. The molecule has 0 bridgehead atoms. The molecular formula is C19H20F2N2O2S. The van der Waals surface area contributed by atoms with E-state index in [1.807, 2.05) is 11.4 Å². The zero-order valence-electron chi connectivity index (χ0n) is 14.2. The molecule has 3 rings (SSSR count). The largest absolute Gasteiger partial charge is 0.347 e. The van der Waals surface area contributed by atoms with Crippen LogP contribution in [0.3, 0.4) is 0 Å². The Bertz CT molecular complexity index is 787. The van der Waals surface area contributed by atoms with Crippen LogP contribution in [0, 0.1) is 11.6 Å². The first kappa shape index (κ1) is 18.5. The van der Waals surface area contributed by atoms with Crippen LogP contribution in [0.4, 0.5) is 14.5 Å². The molecular weight excluding hydrogens is 358 g/mol. The lowest BCUT2D eigenvalue weighted by Gasteiger charge is -2.36. The Kier molecular flexibility index (Phi) is 5.66. The summed E-state index contributed by atoms with van der Waals surface area (Å²) in [5.74, 6) is -3.35. The van der Waals surface area contributed by atoms with Gasteiger partial charge in [-0.3, -0.25) is 9.59 Å².